The molecule has 0 aliphatic carbocycles. The lowest BCUT2D eigenvalue weighted by molar-refractivity contribution is 0.160. The summed E-state index contributed by atoms with van der Waals surface area (Å²) in [5.74, 6) is 0.305. The number of aliphatic hydroxyl groups is 1. The Kier molecular flexibility index (Phi) is 5.59. The van der Waals surface area contributed by atoms with Crippen LogP contribution in [0.1, 0.15) is 51.8 Å². The summed E-state index contributed by atoms with van der Waals surface area (Å²) >= 11 is 6.25. The van der Waals surface area contributed by atoms with Crippen molar-refractivity contribution in [1.82, 2.24) is 14.5 Å². The number of rotatable bonds is 6. The minimum absolute atomic E-state index is 0.107. The van der Waals surface area contributed by atoms with Gasteiger partial charge in [-0.1, -0.05) is 39.3 Å². The SMILES string of the molecule is CCn1c(-c2cccnc2C(C)C)c(CC(C)(C)CO)c2nc(Cl)ccc21. The monoisotopic (exact) mass is 385 g/mol. The van der Waals surface area contributed by atoms with Crippen LogP contribution in [0.4, 0.5) is 0 Å². The Balaban J connectivity index is 2.40. The van der Waals surface area contributed by atoms with Crippen LogP contribution < -0.4 is 0 Å². The Morgan fingerprint density at radius 2 is 1.96 bits per heavy atom. The standard InChI is InChI=1S/C22H28ClN3O/c1-6-26-17-9-10-18(23)25-20(17)16(12-22(4,5)13-27)21(26)15-8-7-11-24-19(15)14(2)3/h7-11,14,27H,6,12-13H2,1-5H3. The molecule has 3 heterocycles. The van der Waals surface area contributed by atoms with Crippen molar-refractivity contribution < 1.29 is 5.11 Å². The van der Waals surface area contributed by atoms with Crippen molar-refractivity contribution in [2.45, 2.75) is 53.5 Å². The van der Waals surface area contributed by atoms with Crippen LogP contribution in [0.3, 0.4) is 0 Å². The third-order valence-electron chi connectivity index (χ3n) is 5.01. The number of hydrogen-bond donors (Lipinski definition) is 1. The van der Waals surface area contributed by atoms with Crippen LogP contribution in [0.15, 0.2) is 30.5 Å². The predicted octanol–water partition coefficient (Wildman–Crippen LogP) is 5.46. The summed E-state index contributed by atoms with van der Waals surface area (Å²) in [4.78, 5) is 9.33. The first-order chi connectivity index (χ1) is 12.8. The summed E-state index contributed by atoms with van der Waals surface area (Å²) < 4.78 is 2.30. The summed E-state index contributed by atoms with van der Waals surface area (Å²) in [6, 6.07) is 8.01. The van der Waals surface area contributed by atoms with Crippen LogP contribution >= 0.6 is 11.6 Å². The van der Waals surface area contributed by atoms with E-state index >= 15 is 0 Å². The number of nitrogens with zero attached hydrogens (tertiary/aromatic N) is 3. The molecule has 0 aliphatic heterocycles. The van der Waals surface area contributed by atoms with Gasteiger partial charge in [0.05, 0.1) is 22.4 Å². The third kappa shape index (κ3) is 3.74. The van der Waals surface area contributed by atoms with Gasteiger partial charge in [-0.05, 0) is 48.9 Å². The van der Waals surface area contributed by atoms with Gasteiger partial charge in [-0.3, -0.25) is 4.98 Å². The number of pyridine rings is 2. The average Bonchev–Trinajstić information content (AvgIpc) is 2.93. The molecule has 0 spiro atoms. The molecule has 4 nitrogen and oxygen atoms in total. The first kappa shape index (κ1) is 19.8. The molecule has 0 saturated carbocycles. The molecule has 3 aromatic rings. The minimum Gasteiger partial charge on any atom is -0.396 e. The van der Waals surface area contributed by atoms with Gasteiger partial charge in [-0.2, -0.15) is 0 Å². The molecular weight excluding hydrogens is 358 g/mol. The summed E-state index contributed by atoms with van der Waals surface area (Å²) in [5, 5.41) is 10.4. The van der Waals surface area contributed by atoms with Gasteiger partial charge >= 0.3 is 0 Å². The van der Waals surface area contributed by atoms with E-state index in [0.29, 0.717) is 17.5 Å². The van der Waals surface area contributed by atoms with Crippen molar-refractivity contribution >= 4 is 22.6 Å². The zero-order chi connectivity index (χ0) is 19.8. The zero-order valence-electron chi connectivity index (χ0n) is 16.8. The molecule has 0 aromatic carbocycles. The largest absolute Gasteiger partial charge is 0.396 e. The molecule has 1 N–H and O–H groups in total. The van der Waals surface area contributed by atoms with E-state index < -0.39 is 0 Å². The highest BCUT2D eigenvalue weighted by atomic mass is 35.5. The smallest absolute Gasteiger partial charge is 0.129 e. The second-order valence-corrected chi connectivity index (χ2v) is 8.55. The fraction of sp³-hybridized carbons (Fsp3) is 0.455. The van der Waals surface area contributed by atoms with Gasteiger partial charge in [0.25, 0.3) is 0 Å². The Morgan fingerprint density at radius 3 is 2.59 bits per heavy atom. The lowest BCUT2D eigenvalue weighted by atomic mass is 9.85. The lowest BCUT2D eigenvalue weighted by Gasteiger charge is -2.23. The molecule has 0 aliphatic rings. The maximum atomic E-state index is 9.88. The predicted molar refractivity (Wildman–Crippen MR) is 112 cm³/mol. The second-order valence-electron chi connectivity index (χ2n) is 8.16. The second kappa shape index (κ2) is 7.61. The van der Waals surface area contributed by atoms with E-state index in [9.17, 15) is 5.11 Å². The van der Waals surface area contributed by atoms with Crippen LogP contribution in [0.25, 0.3) is 22.3 Å². The van der Waals surface area contributed by atoms with Gasteiger partial charge < -0.3 is 9.67 Å². The minimum atomic E-state index is -0.258. The van der Waals surface area contributed by atoms with Gasteiger partial charge in [0.1, 0.15) is 5.15 Å². The molecule has 0 saturated heterocycles. The van der Waals surface area contributed by atoms with Gasteiger partial charge in [-0.15, -0.1) is 0 Å². The number of aliphatic hydroxyl groups excluding tert-OH is 1. The Hall–Kier alpha value is -1.91. The normalized spacial score (nSPS) is 12.3. The van der Waals surface area contributed by atoms with Gasteiger partial charge in [0.2, 0.25) is 0 Å². The molecule has 3 aromatic heterocycles. The molecular formula is C22H28ClN3O. The Morgan fingerprint density at radius 1 is 1.22 bits per heavy atom. The van der Waals surface area contributed by atoms with E-state index in [1.165, 1.54) is 0 Å². The van der Waals surface area contributed by atoms with E-state index in [0.717, 1.165) is 40.1 Å². The highest BCUT2D eigenvalue weighted by Gasteiger charge is 2.27. The maximum absolute atomic E-state index is 9.88. The van der Waals surface area contributed by atoms with Crippen LogP contribution in [0.5, 0.6) is 0 Å². The average molecular weight is 386 g/mol. The molecule has 144 valence electrons. The summed E-state index contributed by atoms with van der Waals surface area (Å²) in [6.45, 7) is 11.5. The molecule has 0 bridgehead atoms. The van der Waals surface area contributed by atoms with Crippen molar-refractivity contribution in [2.75, 3.05) is 6.61 Å². The fourth-order valence-electron chi connectivity index (χ4n) is 3.68. The van der Waals surface area contributed by atoms with Gasteiger partial charge in [0.15, 0.2) is 0 Å². The Labute approximate surface area is 166 Å². The van der Waals surface area contributed by atoms with Crippen LogP contribution in [0.2, 0.25) is 5.15 Å². The molecule has 0 amide bonds. The van der Waals surface area contributed by atoms with Crippen molar-refractivity contribution in [2.24, 2.45) is 5.41 Å². The van der Waals surface area contributed by atoms with Crippen molar-refractivity contribution in [1.29, 1.82) is 0 Å². The molecule has 27 heavy (non-hydrogen) atoms. The van der Waals surface area contributed by atoms with E-state index in [1.807, 2.05) is 24.4 Å². The van der Waals surface area contributed by atoms with Crippen molar-refractivity contribution in [3.8, 4) is 11.3 Å². The first-order valence-corrected chi connectivity index (χ1v) is 9.90. The van der Waals surface area contributed by atoms with Gasteiger partial charge in [-0.25, -0.2) is 4.98 Å². The van der Waals surface area contributed by atoms with Crippen molar-refractivity contribution in [3.63, 3.8) is 0 Å². The summed E-state index contributed by atoms with van der Waals surface area (Å²) in [5.41, 5.74) is 6.20. The van der Waals surface area contributed by atoms with E-state index in [4.69, 9.17) is 11.6 Å². The van der Waals surface area contributed by atoms with Crippen molar-refractivity contribution in [3.05, 3.63) is 46.9 Å². The van der Waals surface area contributed by atoms with E-state index in [2.05, 4.69) is 55.2 Å². The van der Waals surface area contributed by atoms with Crippen LogP contribution in [-0.2, 0) is 13.0 Å². The lowest BCUT2D eigenvalue weighted by Crippen LogP contribution is -2.20. The maximum Gasteiger partial charge on any atom is 0.129 e. The molecule has 0 atom stereocenters. The van der Waals surface area contributed by atoms with Crippen LogP contribution in [-0.4, -0.2) is 26.2 Å². The van der Waals surface area contributed by atoms with Gasteiger partial charge in [0, 0.05) is 30.5 Å². The number of halogens is 1. The highest BCUT2D eigenvalue weighted by Crippen LogP contribution is 2.39. The summed E-state index contributed by atoms with van der Waals surface area (Å²) in [6.07, 6.45) is 2.56. The topological polar surface area (TPSA) is 50.9 Å². The highest BCUT2D eigenvalue weighted by molar-refractivity contribution is 6.29. The quantitative estimate of drug-likeness (QED) is 0.573. The van der Waals surface area contributed by atoms with Crippen LogP contribution in [0, 0.1) is 5.41 Å². The number of aromatic nitrogens is 3. The molecule has 0 unspecified atom stereocenters. The Bertz CT molecular complexity index is 960. The zero-order valence-corrected chi connectivity index (χ0v) is 17.5. The number of fused-ring (bicyclic) bond motifs is 1. The first-order valence-electron chi connectivity index (χ1n) is 9.52. The van der Waals surface area contributed by atoms with E-state index in [-0.39, 0.29) is 12.0 Å². The number of hydrogen-bond acceptors (Lipinski definition) is 3. The third-order valence-corrected chi connectivity index (χ3v) is 5.22. The molecule has 0 fully saturated rings. The fourth-order valence-corrected chi connectivity index (χ4v) is 3.83. The summed E-state index contributed by atoms with van der Waals surface area (Å²) in [7, 11) is 0. The molecule has 0 radical (unpaired) electrons. The molecule has 3 rings (SSSR count). The molecule has 5 heteroatoms. The number of aryl methyl sites for hydroxylation is 1. The van der Waals surface area contributed by atoms with E-state index in [1.54, 1.807) is 0 Å².